The van der Waals surface area contributed by atoms with Gasteiger partial charge in [-0.2, -0.15) is 0 Å². The van der Waals surface area contributed by atoms with Crippen molar-refractivity contribution >= 4 is 17.6 Å². The predicted octanol–water partition coefficient (Wildman–Crippen LogP) is 3.04. The number of ether oxygens (including phenoxy) is 2. The van der Waals surface area contributed by atoms with Gasteiger partial charge in [0.25, 0.3) is 0 Å². The van der Waals surface area contributed by atoms with Crippen molar-refractivity contribution in [1.29, 1.82) is 0 Å². The summed E-state index contributed by atoms with van der Waals surface area (Å²) < 4.78 is 10.1. The van der Waals surface area contributed by atoms with Crippen LogP contribution in [-0.2, 0) is 19.1 Å². The lowest BCUT2D eigenvalue weighted by molar-refractivity contribution is -0.164. The molecule has 5 nitrogen and oxygen atoms in total. The molecule has 136 valence electrons. The Hall–Kier alpha value is -2.82. The average molecular weight is 353 g/mol. The van der Waals surface area contributed by atoms with Crippen molar-refractivity contribution in [3.63, 3.8) is 0 Å². The lowest BCUT2D eigenvalue weighted by atomic mass is 9.52. The van der Waals surface area contributed by atoms with Gasteiger partial charge in [0.2, 0.25) is 0 Å². The van der Waals surface area contributed by atoms with Gasteiger partial charge in [-0.1, -0.05) is 42.0 Å². The molecule has 2 unspecified atom stereocenters. The van der Waals surface area contributed by atoms with Crippen molar-refractivity contribution in [2.45, 2.75) is 18.8 Å². The van der Waals surface area contributed by atoms with E-state index in [0.717, 1.165) is 16.7 Å². The number of anilines is 1. The summed E-state index contributed by atoms with van der Waals surface area (Å²) >= 11 is 0. The van der Waals surface area contributed by atoms with E-state index in [-0.39, 0.29) is 23.8 Å². The van der Waals surface area contributed by atoms with Gasteiger partial charge in [0.1, 0.15) is 0 Å². The maximum absolute atomic E-state index is 12.6. The number of aryl methyl sites for hydroxylation is 1. The second-order valence-corrected chi connectivity index (χ2v) is 6.73. The van der Waals surface area contributed by atoms with Crippen molar-refractivity contribution < 1.29 is 19.1 Å². The molecule has 0 amide bonds. The second-order valence-electron chi connectivity index (χ2n) is 6.73. The standard InChI is InChI=1S/C21H23NO4/c1-12-4-6-13(7-5-12)16-18(20(23)25-2)17(19(16)21(24)26-3)14-8-10-15(22)11-9-14/h4-11,16-19H,22H2,1-3H3. The minimum atomic E-state index is -0.449. The predicted molar refractivity (Wildman–Crippen MR) is 98.5 cm³/mol. The second kappa shape index (κ2) is 7.20. The molecule has 1 fully saturated rings. The van der Waals surface area contributed by atoms with Gasteiger partial charge in [0, 0.05) is 17.5 Å². The first-order valence-corrected chi connectivity index (χ1v) is 8.55. The molecule has 5 heteroatoms. The molecule has 0 heterocycles. The molecular weight excluding hydrogens is 330 g/mol. The van der Waals surface area contributed by atoms with E-state index in [1.54, 1.807) is 12.1 Å². The highest BCUT2D eigenvalue weighted by Crippen LogP contribution is 2.58. The number of esters is 2. The van der Waals surface area contributed by atoms with E-state index < -0.39 is 11.8 Å². The third kappa shape index (κ3) is 3.05. The summed E-state index contributed by atoms with van der Waals surface area (Å²) in [4.78, 5) is 25.1. The Morgan fingerprint density at radius 3 is 1.54 bits per heavy atom. The Balaban J connectivity index is 2.06. The summed E-state index contributed by atoms with van der Waals surface area (Å²) in [6.45, 7) is 2.00. The summed E-state index contributed by atoms with van der Waals surface area (Å²) in [6.07, 6.45) is 0. The highest BCUT2D eigenvalue weighted by atomic mass is 16.5. The summed E-state index contributed by atoms with van der Waals surface area (Å²) in [5, 5.41) is 0. The van der Waals surface area contributed by atoms with Crippen LogP contribution in [0, 0.1) is 18.8 Å². The number of carbonyl (C=O) groups excluding carboxylic acids is 2. The molecule has 1 saturated carbocycles. The highest BCUT2D eigenvalue weighted by Gasteiger charge is 2.59. The van der Waals surface area contributed by atoms with E-state index in [9.17, 15) is 9.59 Å². The zero-order valence-corrected chi connectivity index (χ0v) is 15.1. The van der Waals surface area contributed by atoms with Gasteiger partial charge in [-0.25, -0.2) is 0 Å². The van der Waals surface area contributed by atoms with Gasteiger partial charge in [0.05, 0.1) is 26.1 Å². The molecule has 0 bridgehead atoms. The molecule has 0 spiro atoms. The fourth-order valence-electron chi connectivity index (χ4n) is 3.94. The largest absolute Gasteiger partial charge is 0.469 e. The number of nitrogens with two attached hydrogens (primary N) is 1. The monoisotopic (exact) mass is 353 g/mol. The zero-order chi connectivity index (χ0) is 18.8. The number of hydrogen-bond acceptors (Lipinski definition) is 5. The summed E-state index contributed by atoms with van der Waals surface area (Å²) in [5.74, 6) is -2.12. The highest BCUT2D eigenvalue weighted by molar-refractivity contribution is 5.85. The number of rotatable bonds is 4. The molecule has 0 aliphatic heterocycles. The third-order valence-corrected chi connectivity index (χ3v) is 5.28. The van der Waals surface area contributed by atoms with Gasteiger partial charge >= 0.3 is 11.9 Å². The zero-order valence-electron chi connectivity index (χ0n) is 15.1. The first-order valence-electron chi connectivity index (χ1n) is 8.55. The normalized spacial score (nSPS) is 24.4. The molecule has 1 aliphatic rings. The topological polar surface area (TPSA) is 78.6 Å². The molecule has 2 aromatic carbocycles. The first kappa shape index (κ1) is 18.0. The molecule has 3 rings (SSSR count). The van der Waals surface area contributed by atoms with Crippen LogP contribution in [0.4, 0.5) is 5.69 Å². The van der Waals surface area contributed by atoms with Gasteiger partial charge in [0.15, 0.2) is 0 Å². The van der Waals surface area contributed by atoms with E-state index in [0.29, 0.717) is 5.69 Å². The fourth-order valence-corrected chi connectivity index (χ4v) is 3.94. The maximum atomic E-state index is 12.6. The molecule has 0 aromatic heterocycles. The van der Waals surface area contributed by atoms with Crippen molar-refractivity contribution in [1.82, 2.24) is 0 Å². The molecule has 0 saturated heterocycles. The summed E-state index contributed by atoms with van der Waals surface area (Å²) in [5.41, 5.74) is 9.35. The quantitative estimate of drug-likeness (QED) is 0.675. The number of benzene rings is 2. The van der Waals surface area contributed by atoms with Gasteiger partial charge < -0.3 is 15.2 Å². The van der Waals surface area contributed by atoms with Crippen LogP contribution >= 0.6 is 0 Å². The van der Waals surface area contributed by atoms with Crippen LogP contribution in [0.5, 0.6) is 0 Å². The van der Waals surface area contributed by atoms with E-state index in [1.807, 2.05) is 43.3 Å². The SMILES string of the molecule is COC(=O)C1C(c2ccc(C)cc2)C(C(=O)OC)C1c1ccc(N)cc1. The van der Waals surface area contributed by atoms with E-state index in [1.165, 1.54) is 14.2 Å². The third-order valence-electron chi connectivity index (χ3n) is 5.28. The minimum absolute atomic E-state index is 0.280. The Bertz CT molecular complexity index is 720. The van der Waals surface area contributed by atoms with Crippen LogP contribution in [-0.4, -0.2) is 26.2 Å². The van der Waals surface area contributed by atoms with Crippen molar-refractivity contribution in [2.24, 2.45) is 11.8 Å². The van der Waals surface area contributed by atoms with E-state index in [4.69, 9.17) is 15.2 Å². The Labute approximate surface area is 153 Å². The Kier molecular flexibility index (Phi) is 4.98. The molecule has 2 N–H and O–H groups in total. The van der Waals surface area contributed by atoms with Crippen LogP contribution in [0.1, 0.15) is 28.5 Å². The average Bonchev–Trinajstić information content (AvgIpc) is 2.63. The summed E-state index contributed by atoms with van der Waals surface area (Å²) in [7, 11) is 2.75. The van der Waals surface area contributed by atoms with E-state index in [2.05, 4.69) is 0 Å². The van der Waals surface area contributed by atoms with Crippen LogP contribution in [0.15, 0.2) is 48.5 Å². The lowest BCUT2D eigenvalue weighted by Gasteiger charge is -2.49. The van der Waals surface area contributed by atoms with Crippen LogP contribution in [0.2, 0.25) is 0 Å². The lowest BCUT2D eigenvalue weighted by Crippen LogP contribution is -2.51. The van der Waals surface area contributed by atoms with Crippen molar-refractivity contribution in [2.75, 3.05) is 20.0 Å². The van der Waals surface area contributed by atoms with Gasteiger partial charge in [-0.05, 0) is 30.2 Å². The van der Waals surface area contributed by atoms with Crippen molar-refractivity contribution in [3.8, 4) is 0 Å². The number of nitrogen functional groups attached to an aromatic ring is 1. The molecule has 2 atom stereocenters. The summed E-state index contributed by atoms with van der Waals surface area (Å²) in [6, 6.07) is 15.2. The molecule has 2 aromatic rings. The maximum Gasteiger partial charge on any atom is 0.309 e. The van der Waals surface area contributed by atoms with Gasteiger partial charge in [-0.3, -0.25) is 9.59 Å². The van der Waals surface area contributed by atoms with Crippen LogP contribution in [0.25, 0.3) is 0 Å². The molecular formula is C21H23NO4. The number of methoxy groups -OCH3 is 2. The van der Waals surface area contributed by atoms with Crippen LogP contribution < -0.4 is 5.73 Å². The molecule has 0 radical (unpaired) electrons. The molecule has 26 heavy (non-hydrogen) atoms. The van der Waals surface area contributed by atoms with Crippen LogP contribution in [0.3, 0.4) is 0 Å². The number of hydrogen-bond donors (Lipinski definition) is 1. The minimum Gasteiger partial charge on any atom is -0.469 e. The van der Waals surface area contributed by atoms with E-state index >= 15 is 0 Å². The Morgan fingerprint density at radius 1 is 0.769 bits per heavy atom. The molecule has 1 aliphatic carbocycles. The first-order chi connectivity index (χ1) is 12.5. The smallest absolute Gasteiger partial charge is 0.309 e. The fraction of sp³-hybridized carbons (Fsp3) is 0.333. The van der Waals surface area contributed by atoms with Crippen molar-refractivity contribution in [3.05, 3.63) is 65.2 Å². The number of carbonyl (C=O) groups is 2. The Morgan fingerprint density at radius 2 is 1.15 bits per heavy atom. The van der Waals surface area contributed by atoms with Gasteiger partial charge in [-0.15, -0.1) is 0 Å².